The number of aromatic nitrogens is 3. The topological polar surface area (TPSA) is 57.4 Å². The van der Waals surface area contributed by atoms with E-state index in [9.17, 15) is 18.4 Å². The molecular weight excluding hydrogens is 325 g/mol. The van der Waals surface area contributed by atoms with Crippen LogP contribution in [-0.2, 0) is 12.7 Å². The summed E-state index contributed by atoms with van der Waals surface area (Å²) >= 11 is 5.07. The van der Waals surface area contributed by atoms with Gasteiger partial charge in [-0.05, 0) is 5.56 Å². The van der Waals surface area contributed by atoms with Crippen LogP contribution in [0.25, 0.3) is 11.0 Å². The number of alkyl halides is 3. The molecule has 23 heavy (non-hydrogen) atoms. The first-order valence-corrected chi connectivity index (χ1v) is 6.95. The van der Waals surface area contributed by atoms with E-state index in [4.69, 9.17) is 12.2 Å². The van der Waals surface area contributed by atoms with Crippen LogP contribution < -0.4 is 0 Å². The molecule has 0 saturated carbocycles. The van der Waals surface area contributed by atoms with Crippen LogP contribution in [0.2, 0.25) is 0 Å². The summed E-state index contributed by atoms with van der Waals surface area (Å²) in [6, 6.07) is 10.3. The first-order valence-electron chi connectivity index (χ1n) is 6.54. The smallest absolute Gasteiger partial charge is 0.343 e. The van der Waals surface area contributed by atoms with Crippen LogP contribution in [0.4, 0.5) is 13.2 Å². The SMILES string of the molecule is N#Cc1c(C(F)(F)F)n(Cc2ccccc2)c2c(=S)nc[nH]c12. The van der Waals surface area contributed by atoms with Gasteiger partial charge in [0.15, 0.2) is 4.64 Å². The molecule has 0 aliphatic rings. The maximum atomic E-state index is 13.5. The number of nitriles is 1. The van der Waals surface area contributed by atoms with E-state index in [-0.39, 0.29) is 22.2 Å². The molecule has 0 unspecified atom stereocenters. The normalized spacial score (nSPS) is 11.6. The number of fused-ring (bicyclic) bond motifs is 1. The molecule has 0 radical (unpaired) electrons. The zero-order valence-electron chi connectivity index (χ0n) is 11.6. The molecule has 1 aromatic carbocycles. The van der Waals surface area contributed by atoms with E-state index in [1.54, 1.807) is 36.4 Å². The van der Waals surface area contributed by atoms with Crippen molar-refractivity contribution in [2.45, 2.75) is 12.7 Å². The van der Waals surface area contributed by atoms with Gasteiger partial charge in [-0.2, -0.15) is 18.4 Å². The van der Waals surface area contributed by atoms with Crippen molar-refractivity contribution in [2.75, 3.05) is 0 Å². The fourth-order valence-corrected chi connectivity index (χ4v) is 2.79. The van der Waals surface area contributed by atoms with E-state index in [1.807, 2.05) is 0 Å². The molecule has 0 amide bonds. The van der Waals surface area contributed by atoms with Crippen molar-refractivity contribution in [3.8, 4) is 6.07 Å². The number of aromatic amines is 1. The fourth-order valence-electron chi connectivity index (χ4n) is 2.53. The minimum atomic E-state index is -4.69. The second-order valence-corrected chi connectivity index (χ2v) is 5.22. The van der Waals surface area contributed by atoms with E-state index >= 15 is 0 Å². The summed E-state index contributed by atoms with van der Waals surface area (Å²) in [6.07, 6.45) is -3.49. The highest BCUT2D eigenvalue weighted by Crippen LogP contribution is 2.37. The largest absolute Gasteiger partial charge is 0.432 e. The van der Waals surface area contributed by atoms with Crippen LogP contribution in [0.15, 0.2) is 36.7 Å². The Hall–Kier alpha value is -2.66. The van der Waals surface area contributed by atoms with Crippen molar-refractivity contribution in [3.63, 3.8) is 0 Å². The number of H-pyrrole nitrogens is 1. The summed E-state index contributed by atoms with van der Waals surface area (Å²) < 4.78 is 41.6. The molecule has 0 bridgehead atoms. The maximum Gasteiger partial charge on any atom is 0.432 e. The molecule has 0 aliphatic heterocycles. The van der Waals surface area contributed by atoms with E-state index in [0.29, 0.717) is 5.56 Å². The van der Waals surface area contributed by atoms with Gasteiger partial charge in [0.2, 0.25) is 0 Å². The van der Waals surface area contributed by atoms with Gasteiger partial charge in [0.1, 0.15) is 22.8 Å². The number of hydrogen-bond donors (Lipinski definition) is 1. The van der Waals surface area contributed by atoms with E-state index < -0.39 is 17.4 Å². The molecule has 0 spiro atoms. The van der Waals surface area contributed by atoms with Crippen molar-refractivity contribution in [3.05, 3.63) is 58.1 Å². The first kappa shape index (κ1) is 15.2. The van der Waals surface area contributed by atoms with Crippen molar-refractivity contribution < 1.29 is 13.2 Å². The zero-order chi connectivity index (χ0) is 16.6. The van der Waals surface area contributed by atoms with Gasteiger partial charge in [0, 0.05) is 6.54 Å². The highest BCUT2D eigenvalue weighted by Gasteiger charge is 2.40. The molecule has 0 fully saturated rings. The molecule has 116 valence electrons. The van der Waals surface area contributed by atoms with Crippen LogP contribution in [0.3, 0.4) is 0 Å². The third-order valence-corrected chi connectivity index (χ3v) is 3.72. The van der Waals surface area contributed by atoms with Gasteiger partial charge in [-0.25, -0.2) is 4.98 Å². The average Bonchev–Trinajstić information content (AvgIpc) is 2.83. The van der Waals surface area contributed by atoms with Gasteiger partial charge in [-0.1, -0.05) is 42.5 Å². The van der Waals surface area contributed by atoms with Gasteiger partial charge in [0.25, 0.3) is 0 Å². The monoisotopic (exact) mass is 334 g/mol. The van der Waals surface area contributed by atoms with Crippen LogP contribution in [0, 0.1) is 16.0 Å². The molecule has 2 heterocycles. The molecule has 8 heteroatoms. The minimum absolute atomic E-state index is 0.0154. The zero-order valence-corrected chi connectivity index (χ0v) is 12.4. The lowest BCUT2D eigenvalue weighted by molar-refractivity contribution is -0.143. The molecule has 0 atom stereocenters. The van der Waals surface area contributed by atoms with Crippen LogP contribution in [0.1, 0.15) is 16.8 Å². The van der Waals surface area contributed by atoms with Gasteiger partial charge in [0.05, 0.1) is 11.8 Å². The number of hydrogen-bond acceptors (Lipinski definition) is 3. The number of nitrogens with zero attached hydrogens (tertiary/aromatic N) is 3. The average molecular weight is 334 g/mol. The summed E-state index contributed by atoms with van der Waals surface area (Å²) in [5, 5.41) is 9.21. The molecule has 4 nitrogen and oxygen atoms in total. The van der Waals surface area contributed by atoms with Crippen molar-refractivity contribution in [2.24, 2.45) is 0 Å². The lowest BCUT2D eigenvalue weighted by Crippen LogP contribution is -2.16. The fraction of sp³-hybridized carbons (Fsp3) is 0.133. The number of rotatable bonds is 2. The summed E-state index contributed by atoms with van der Waals surface area (Å²) in [5.41, 5.74) is -0.672. The third kappa shape index (κ3) is 2.59. The Morgan fingerprint density at radius 1 is 1.26 bits per heavy atom. The minimum Gasteiger partial charge on any atom is -0.343 e. The van der Waals surface area contributed by atoms with Gasteiger partial charge in [-0.15, -0.1) is 0 Å². The molecule has 3 rings (SSSR count). The van der Waals surface area contributed by atoms with Gasteiger partial charge >= 0.3 is 6.18 Å². The van der Waals surface area contributed by atoms with E-state index in [2.05, 4.69) is 9.97 Å². The molecule has 1 N–H and O–H groups in total. The summed E-state index contributed by atoms with van der Waals surface area (Å²) in [7, 11) is 0. The Morgan fingerprint density at radius 3 is 2.57 bits per heavy atom. The molecule has 0 aliphatic carbocycles. The molecular formula is C15H9F3N4S. The van der Waals surface area contributed by atoms with Crippen LogP contribution in [0.5, 0.6) is 0 Å². The molecule has 0 saturated heterocycles. The quantitative estimate of drug-likeness (QED) is 0.720. The summed E-state index contributed by atoms with van der Waals surface area (Å²) in [6.45, 7) is -0.0585. The molecule has 3 aromatic rings. The van der Waals surface area contributed by atoms with Crippen LogP contribution in [-0.4, -0.2) is 14.5 Å². The standard InChI is InChI=1S/C15H9F3N4S/c16-15(17,18)13-10(6-19)11-12(14(23)21-8-20-11)22(13)7-9-4-2-1-3-5-9/h1-5,8H,7H2,(H,20,21,23). The van der Waals surface area contributed by atoms with Crippen molar-refractivity contribution >= 4 is 23.3 Å². The van der Waals surface area contributed by atoms with E-state index in [1.165, 1.54) is 6.33 Å². The first-order chi connectivity index (χ1) is 10.9. The Kier molecular flexibility index (Phi) is 3.66. The third-order valence-electron chi connectivity index (χ3n) is 3.42. The highest BCUT2D eigenvalue weighted by molar-refractivity contribution is 7.71. The Balaban J connectivity index is 2.39. The van der Waals surface area contributed by atoms with E-state index in [0.717, 1.165) is 4.57 Å². The summed E-state index contributed by atoms with van der Waals surface area (Å²) in [4.78, 5) is 6.45. The molecule has 2 aromatic heterocycles. The lowest BCUT2D eigenvalue weighted by atomic mass is 10.2. The maximum absolute atomic E-state index is 13.5. The predicted octanol–water partition coefficient (Wildman–Crippen LogP) is 4.03. The summed E-state index contributed by atoms with van der Waals surface area (Å²) in [5.74, 6) is 0. The Labute approximate surface area is 133 Å². The van der Waals surface area contributed by atoms with Gasteiger partial charge in [-0.3, -0.25) is 0 Å². The van der Waals surface area contributed by atoms with Crippen molar-refractivity contribution in [1.29, 1.82) is 5.26 Å². The van der Waals surface area contributed by atoms with Gasteiger partial charge < -0.3 is 9.55 Å². The second-order valence-electron chi connectivity index (χ2n) is 4.84. The number of benzene rings is 1. The second kappa shape index (κ2) is 5.52. The Morgan fingerprint density at radius 2 is 1.96 bits per heavy atom. The Bertz CT molecular complexity index is 965. The number of nitrogens with one attached hydrogen (secondary N) is 1. The lowest BCUT2D eigenvalue weighted by Gasteiger charge is -2.13. The van der Waals surface area contributed by atoms with Crippen molar-refractivity contribution in [1.82, 2.24) is 14.5 Å². The highest BCUT2D eigenvalue weighted by atomic mass is 32.1. The predicted molar refractivity (Wildman–Crippen MR) is 80.2 cm³/mol. The number of halogens is 3. The van der Waals surface area contributed by atoms with Crippen LogP contribution >= 0.6 is 12.2 Å².